The first-order valence-electron chi connectivity index (χ1n) is 15.0. The molecule has 1 amide bonds. The number of carbonyl (C=O) groups is 1. The van der Waals surface area contributed by atoms with Gasteiger partial charge in [-0.1, -0.05) is 53.7 Å². The Hall–Kier alpha value is -2.42. The van der Waals surface area contributed by atoms with Gasteiger partial charge in [0, 0.05) is 40.1 Å². The van der Waals surface area contributed by atoms with Gasteiger partial charge in [0.2, 0.25) is 0 Å². The molecule has 0 spiro atoms. The van der Waals surface area contributed by atoms with Gasteiger partial charge in [0.1, 0.15) is 18.4 Å². The van der Waals surface area contributed by atoms with Gasteiger partial charge >= 0.3 is 0 Å². The third-order valence-corrected chi connectivity index (χ3v) is 10.3. The Kier molecular flexibility index (Phi) is 7.35. The van der Waals surface area contributed by atoms with E-state index in [9.17, 15) is 4.79 Å². The fourth-order valence-corrected chi connectivity index (χ4v) is 8.19. The molecule has 40 heavy (non-hydrogen) atoms. The Morgan fingerprint density at radius 3 is 2.50 bits per heavy atom. The summed E-state index contributed by atoms with van der Waals surface area (Å²) in [5.74, 6) is 1.06. The summed E-state index contributed by atoms with van der Waals surface area (Å²) < 4.78 is 7.19. The second kappa shape index (κ2) is 11.1. The van der Waals surface area contributed by atoms with E-state index in [0.717, 1.165) is 46.4 Å². The summed E-state index contributed by atoms with van der Waals surface area (Å²) in [6.45, 7) is 4.04. The molecule has 210 valence electrons. The number of nitrogens with one attached hydrogen (secondary N) is 1. The van der Waals surface area contributed by atoms with Crippen molar-refractivity contribution in [3.63, 3.8) is 0 Å². The van der Waals surface area contributed by atoms with E-state index in [1.165, 1.54) is 62.6 Å². The minimum absolute atomic E-state index is 0.146. The number of benzene rings is 2. The molecule has 3 aliphatic heterocycles. The number of hydrogen-bond donors (Lipinski definition) is 1. The number of thiocarbonyl (C=S) groups is 1. The number of rotatable bonds is 6. The van der Waals surface area contributed by atoms with Crippen LogP contribution in [0.1, 0.15) is 74.2 Å². The summed E-state index contributed by atoms with van der Waals surface area (Å²) in [6, 6.07) is 14.6. The molecule has 7 rings (SSSR count). The zero-order chi connectivity index (χ0) is 27.2. The van der Waals surface area contributed by atoms with Gasteiger partial charge in [-0.05, 0) is 92.4 Å². The van der Waals surface area contributed by atoms with Crippen molar-refractivity contribution in [3.05, 3.63) is 63.8 Å². The lowest BCUT2D eigenvalue weighted by Crippen LogP contribution is -2.44. The van der Waals surface area contributed by atoms with Crippen LogP contribution in [0.5, 0.6) is 5.75 Å². The number of likely N-dealkylation sites (tertiary alicyclic amines) is 1. The number of nitrogens with zero attached hydrogens (tertiary/aromatic N) is 3. The quantitative estimate of drug-likeness (QED) is 0.316. The van der Waals surface area contributed by atoms with E-state index in [-0.39, 0.29) is 24.0 Å². The summed E-state index contributed by atoms with van der Waals surface area (Å²) in [7, 11) is 0. The first kappa shape index (κ1) is 26.5. The molecule has 2 aromatic carbocycles. The van der Waals surface area contributed by atoms with Gasteiger partial charge < -0.3 is 14.6 Å². The van der Waals surface area contributed by atoms with Crippen molar-refractivity contribution < 1.29 is 9.53 Å². The number of hydrogen-bond acceptors (Lipinski definition) is 4. The SMILES string of the molecule is O=C1C2Cc3c([nH]c4ccc(Br)cc34)C(c3ccc(OCCN4CCCCC4)cc3)N2C(=S)N1C1CCCCC1. The Balaban J connectivity index is 1.20. The monoisotopic (exact) mass is 620 g/mol. The van der Waals surface area contributed by atoms with Crippen LogP contribution in [0, 0.1) is 0 Å². The smallest absolute Gasteiger partial charge is 0.252 e. The highest BCUT2D eigenvalue weighted by Gasteiger charge is 2.52. The number of ether oxygens (including phenoxy) is 1. The molecule has 1 aliphatic carbocycles. The molecule has 1 N–H and O–H groups in total. The summed E-state index contributed by atoms with van der Waals surface area (Å²) >= 11 is 9.79. The lowest BCUT2D eigenvalue weighted by Gasteiger charge is -2.38. The third kappa shape index (κ3) is 4.76. The average molecular weight is 622 g/mol. The predicted molar refractivity (Wildman–Crippen MR) is 166 cm³/mol. The predicted octanol–water partition coefficient (Wildman–Crippen LogP) is 6.57. The number of H-pyrrole nitrogens is 1. The van der Waals surface area contributed by atoms with E-state index < -0.39 is 0 Å². The summed E-state index contributed by atoms with van der Waals surface area (Å²) in [5, 5.41) is 1.88. The molecule has 2 saturated heterocycles. The fraction of sp³-hybridized carbons (Fsp3) is 0.500. The zero-order valence-electron chi connectivity index (χ0n) is 22.9. The van der Waals surface area contributed by atoms with Crippen molar-refractivity contribution in [2.24, 2.45) is 0 Å². The Bertz CT molecular complexity index is 1410. The normalized spacial score (nSPS) is 24.0. The molecule has 4 heterocycles. The van der Waals surface area contributed by atoms with Crippen molar-refractivity contribution in [2.75, 3.05) is 26.2 Å². The van der Waals surface area contributed by atoms with E-state index >= 15 is 0 Å². The van der Waals surface area contributed by atoms with Gasteiger partial charge in [-0.25, -0.2) is 0 Å². The summed E-state index contributed by atoms with van der Waals surface area (Å²) in [6.07, 6.45) is 10.3. The maximum Gasteiger partial charge on any atom is 0.252 e. The number of halogens is 1. The minimum Gasteiger partial charge on any atom is -0.492 e. The van der Waals surface area contributed by atoms with Gasteiger partial charge in [0.25, 0.3) is 5.91 Å². The van der Waals surface area contributed by atoms with Crippen molar-refractivity contribution in [2.45, 2.75) is 75.9 Å². The van der Waals surface area contributed by atoms with Crippen LogP contribution in [-0.2, 0) is 11.2 Å². The molecule has 0 radical (unpaired) electrons. The van der Waals surface area contributed by atoms with Crippen LogP contribution in [0.3, 0.4) is 0 Å². The van der Waals surface area contributed by atoms with Crippen molar-refractivity contribution in [1.29, 1.82) is 0 Å². The van der Waals surface area contributed by atoms with E-state index in [1.54, 1.807) is 0 Å². The molecule has 6 nitrogen and oxygen atoms in total. The zero-order valence-corrected chi connectivity index (χ0v) is 25.3. The second-order valence-corrected chi connectivity index (χ2v) is 13.1. The van der Waals surface area contributed by atoms with Crippen LogP contribution in [-0.4, -0.2) is 69.0 Å². The Morgan fingerprint density at radius 2 is 1.73 bits per heavy atom. The number of aromatic nitrogens is 1. The van der Waals surface area contributed by atoms with Crippen LogP contribution < -0.4 is 4.74 Å². The number of aromatic amines is 1. The molecule has 1 saturated carbocycles. The average Bonchev–Trinajstić information content (AvgIpc) is 3.47. The Labute approximate surface area is 250 Å². The molecule has 4 aliphatic rings. The topological polar surface area (TPSA) is 51.8 Å². The molecule has 2 unspecified atom stereocenters. The number of fused-ring (bicyclic) bond motifs is 4. The first-order chi connectivity index (χ1) is 19.6. The highest BCUT2D eigenvalue weighted by Crippen LogP contribution is 2.45. The van der Waals surface area contributed by atoms with Crippen LogP contribution >= 0.6 is 28.1 Å². The highest BCUT2D eigenvalue weighted by molar-refractivity contribution is 9.10. The van der Waals surface area contributed by atoms with Crippen LogP contribution in [0.15, 0.2) is 46.9 Å². The molecular formula is C32H37BrN4O2S. The number of carbonyl (C=O) groups excluding carboxylic acids is 1. The van der Waals surface area contributed by atoms with Crippen LogP contribution in [0.25, 0.3) is 10.9 Å². The summed E-state index contributed by atoms with van der Waals surface area (Å²) in [5.41, 5.74) is 4.59. The lowest BCUT2D eigenvalue weighted by atomic mass is 9.88. The maximum atomic E-state index is 14.0. The largest absolute Gasteiger partial charge is 0.492 e. The van der Waals surface area contributed by atoms with Gasteiger partial charge in [-0.2, -0.15) is 0 Å². The van der Waals surface area contributed by atoms with E-state index in [2.05, 4.69) is 73.2 Å². The van der Waals surface area contributed by atoms with Gasteiger partial charge in [0.05, 0.1) is 6.04 Å². The van der Waals surface area contributed by atoms with Crippen LogP contribution in [0.4, 0.5) is 0 Å². The standard InChI is InChI=1S/C32H37BrN4O2S/c33-22-11-14-27-25(19-22)26-20-28-31(38)36(23-7-3-1-4-8-23)32(40)37(28)30(29(26)34-27)21-9-12-24(13-10-21)39-18-17-35-15-5-2-6-16-35/h9-14,19,23,28,30,34H,1-8,15-18,20H2. The molecular weight excluding hydrogens is 584 g/mol. The molecule has 8 heteroatoms. The van der Waals surface area contributed by atoms with Crippen LogP contribution in [0.2, 0.25) is 0 Å². The molecule has 3 fully saturated rings. The first-order valence-corrected chi connectivity index (χ1v) is 16.2. The van der Waals surface area contributed by atoms with Crippen molar-refractivity contribution in [1.82, 2.24) is 19.7 Å². The Morgan fingerprint density at radius 1 is 0.975 bits per heavy atom. The molecule has 2 atom stereocenters. The lowest BCUT2D eigenvalue weighted by molar-refractivity contribution is -0.130. The third-order valence-electron chi connectivity index (χ3n) is 9.40. The highest BCUT2D eigenvalue weighted by atomic mass is 79.9. The van der Waals surface area contributed by atoms with E-state index in [1.807, 2.05) is 4.90 Å². The number of piperidine rings is 1. The molecule has 0 bridgehead atoms. The van der Waals surface area contributed by atoms with Gasteiger partial charge in [-0.3, -0.25) is 14.6 Å². The molecule has 1 aromatic heterocycles. The summed E-state index contributed by atoms with van der Waals surface area (Å²) in [4.78, 5) is 24.5. The van der Waals surface area contributed by atoms with E-state index in [4.69, 9.17) is 17.0 Å². The molecule has 3 aromatic rings. The minimum atomic E-state index is -0.273. The van der Waals surface area contributed by atoms with Gasteiger partial charge in [-0.15, -0.1) is 0 Å². The number of amides is 1. The fourth-order valence-electron chi connectivity index (χ4n) is 7.36. The van der Waals surface area contributed by atoms with Crippen molar-refractivity contribution >= 4 is 50.1 Å². The second-order valence-electron chi connectivity index (χ2n) is 11.8. The van der Waals surface area contributed by atoms with E-state index in [0.29, 0.717) is 18.1 Å². The van der Waals surface area contributed by atoms with Crippen molar-refractivity contribution in [3.8, 4) is 5.75 Å². The van der Waals surface area contributed by atoms with Gasteiger partial charge in [0.15, 0.2) is 5.11 Å². The maximum absolute atomic E-state index is 14.0.